The Hall–Kier alpha value is -1.94. The number of aryl methyl sites for hydroxylation is 3. The van der Waals surface area contributed by atoms with E-state index in [9.17, 15) is 13.2 Å². The van der Waals surface area contributed by atoms with E-state index in [1.54, 1.807) is 12.1 Å². The zero-order chi connectivity index (χ0) is 18.7. The average molecular weight is 368 g/mol. The van der Waals surface area contributed by atoms with Gasteiger partial charge in [0.25, 0.3) is 0 Å². The molecular weight excluding hydrogens is 344 g/mol. The summed E-state index contributed by atoms with van der Waals surface area (Å²) in [6.45, 7) is 5.99. The second kappa shape index (κ2) is 5.53. The summed E-state index contributed by atoms with van der Waals surface area (Å²) in [4.78, 5) is 13.1. The molecule has 2 bridgehead atoms. The normalized spacial score (nSPS) is 26.7. The lowest BCUT2D eigenvalue weighted by molar-refractivity contribution is -0.0791. The lowest BCUT2D eigenvalue weighted by Gasteiger charge is -2.69. The average Bonchev–Trinajstić information content (AvgIpc) is 2.52. The Morgan fingerprint density at radius 3 is 2.12 bits per heavy atom. The van der Waals surface area contributed by atoms with Gasteiger partial charge in [-0.05, 0) is 74.8 Å². The van der Waals surface area contributed by atoms with Crippen molar-refractivity contribution in [3.8, 4) is 0 Å². The summed E-state index contributed by atoms with van der Waals surface area (Å²) in [6, 6.07) is 12.9. The Bertz CT molecular complexity index is 980. The summed E-state index contributed by atoms with van der Waals surface area (Å²) in [5.41, 5.74) is 3.99. The lowest BCUT2D eigenvalue weighted by atomic mass is 9.42. The van der Waals surface area contributed by atoms with Crippen LogP contribution in [0, 0.1) is 26.2 Å². The van der Waals surface area contributed by atoms with Gasteiger partial charge in [-0.2, -0.15) is 0 Å². The SMILES string of the molecule is Cc1ccc(S(=O)(=O)C23CC(CC(=O)c4ccc(C)c(C)c4)(C2)C3)cc1. The predicted molar refractivity (Wildman–Crippen MR) is 102 cm³/mol. The minimum absolute atomic E-state index is 0.104. The molecule has 3 saturated carbocycles. The van der Waals surface area contributed by atoms with Gasteiger partial charge >= 0.3 is 0 Å². The van der Waals surface area contributed by atoms with Gasteiger partial charge < -0.3 is 0 Å². The van der Waals surface area contributed by atoms with Crippen LogP contribution in [0.4, 0.5) is 0 Å². The molecule has 0 saturated heterocycles. The number of sulfone groups is 1. The van der Waals surface area contributed by atoms with Crippen molar-refractivity contribution in [1.29, 1.82) is 0 Å². The first-order valence-corrected chi connectivity index (χ1v) is 10.6. The maximum absolute atomic E-state index is 13.0. The number of carbonyl (C=O) groups is 1. The van der Waals surface area contributed by atoms with Crippen LogP contribution in [-0.2, 0) is 9.84 Å². The van der Waals surface area contributed by atoms with Crippen LogP contribution in [0.2, 0.25) is 0 Å². The van der Waals surface area contributed by atoms with Crippen molar-refractivity contribution in [2.24, 2.45) is 5.41 Å². The topological polar surface area (TPSA) is 51.2 Å². The summed E-state index contributed by atoms with van der Waals surface area (Å²) in [5.74, 6) is 0.133. The monoisotopic (exact) mass is 368 g/mol. The van der Waals surface area contributed by atoms with Gasteiger partial charge in [-0.15, -0.1) is 0 Å². The molecule has 0 spiro atoms. The summed E-state index contributed by atoms with van der Waals surface area (Å²) < 4.78 is 25.3. The first-order valence-electron chi connectivity index (χ1n) is 9.08. The third-order valence-electron chi connectivity index (χ3n) is 6.36. The summed E-state index contributed by atoms with van der Waals surface area (Å²) in [7, 11) is -3.31. The highest BCUT2D eigenvalue weighted by atomic mass is 32.2. The van der Waals surface area contributed by atoms with E-state index in [0.717, 1.165) is 16.7 Å². The molecule has 0 radical (unpaired) electrons. The second-order valence-electron chi connectivity index (χ2n) is 8.43. The highest BCUT2D eigenvalue weighted by molar-refractivity contribution is 7.93. The van der Waals surface area contributed by atoms with Crippen molar-refractivity contribution < 1.29 is 13.2 Å². The molecule has 4 heteroatoms. The molecule has 3 nitrogen and oxygen atoms in total. The van der Waals surface area contributed by atoms with Crippen LogP contribution in [0.15, 0.2) is 47.4 Å². The van der Waals surface area contributed by atoms with Gasteiger partial charge in [0, 0.05) is 12.0 Å². The van der Waals surface area contributed by atoms with Gasteiger partial charge in [0.1, 0.15) is 0 Å². The van der Waals surface area contributed by atoms with Crippen LogP contribution in [0.1, 0.15) is 52.7 Å². The largest absolute Gasteiger partial charge is 0.294 e. The molecule has 3 aliphatic carbocycles. The van der Waals surface area contributed by atoms with Gasteiger partial charge in [-0.25, -0.2) is 8.42 Å². The van der Waals surface area contributed by atoms with E-state index in [0.29, 0.717) is 30.6 Å². The van der Waals surface area contributed by atoms with E-state index < -0.39 is 14.6 Å². The Morgan fingerprint density at radius 1 is 0.923 bits per heavy atom. The van der Waals surface area contributed by atoms with Crippen LogP contribution in [-0.4, -0.2) is 18.9 Å². The number of ketones is 1. The van der Waals surface area contributed by atoms with E-state index in [-0.39, 0.29) is 11.2 Å². The Labute approximate surface area is 155 Å². The molecule has 5 rings (SSSR count). The fourth-order valence-corrected chi connectivity index (χ4v) is 7.18. The molecule has 0 N–H and O–H groups in total. The Morgan fingerprint density at radius 2 is 1.54 bits per heavy atom. The Kier molecular flexibility index (Phi) is 3.71. The van der Waals surface area contributed by atoms with Gasteiger partial charge in [0.15, 0.2) is 15.6 Å². The number of hydrogen-bond donors (Lipinski definition) is 0. The van der Waals surface area contributed by atoms with Crippen LogP contribution in [0.3, 0.4) is 0 Å². The van der Waals surface area contributed by atoms with E-state index in [1.807, 2.05) is 51.1 Å². The van der Waals surface area contributed by atoms with Crippen LogP contribution >= 0.6 is 0 Å². The minimum atomic E-state index is -3.31. The second-order valence-corrected chi connectivity index (χ2v) is 10.8. The van der Waals surface area contributed by atoms with Gasteiger partial charge in [0.2, 0.25) is 0 Å². The molecular formula is C22H24O3S. The maximum Gasteiger partial charge on any atom is 0.184 e. The molecule has 0 aromatic heterocycles. The van der Waals surface area contributed by atoms with Crippen LogP contribution in [0.25, 0.3) is 0 Å². The molecule has 0 aliphatic heterocycles. The van der Waals surface area contributed by atoms with E-state index in [2.05, 4.69) is 0 Å². The maximum atomic E-state index is 13.0. The highest BCUT2D eigenvalue weighted by Crippen LogP contribution is 2.73. The third-order valence-corrected chi connectivity index (χ3v) is 8.82. The zero-order valence-electron chi connectivity index (χ0n) is 15.5. The van der Waals surface area contributed by atoms with Crippen molar-refractivity contribution in [3.63, 3.8) is 0 Å². The lowest BCUT2D eigenvalue weighted by Crippen LogP contribution is -2.70. The molecule has 0 atom stereocenters. The van der Waals surface area contributed by atoms with E-state index in [1.165, 1.54) is 5.56 Å². The molecule has 2 aromatic carbocycles. The summed E-state index contributed by atoms with van der Waals surface area (Å²) in [5, 5.41) is 0. The van der Waals surface area contributed by atoms with Gasteiger partial charge in [0.05, 0.1) is 9.64 Å². The molecule has 136 valence electrons. The number of Topliss-reactive ketones (excluding diaryl/α,β-unsaturated/α-hetero) is 1. The van der Waals surface area contributed by atoms with Crippen molar-refractivity contribution >= 4 is 15.6 Å². The van der Waals surface area contributed by atoms with Crippen molar-refractivity contribution in [2.75, 3.05) is 0 Å². The third kappa shape index (κ3) is 2.46. The van der Waals surface area contributed by atoms with Crippen LogP contribution < -0.4 is 0 Å². The standard InChI is InChI=1S/C22H24O3S/c1-15-4-8-19(9-5-15)26(24,25)22-12-21(13-22,14-22)11-20(23)18-7-6-16(2)17(3)10-18/h4-10H,11-14H2,1-3H3. The molecule has 0 unspecified atom stereocenters. The first kappa shape index (κ1) is 17.5. The number of benzene rings is 2. The smallest absolute Gasteiger partial charge is 0.184 e. The number of carbonyl (C=O) groups excluding carboxylic acids is 1. The molecule has 3 aliphatic rings. The molecule has 0 heterocycles. The first-order chi connectivity index (χ1) is 12.2. The van der Waals surface area contributed by atoms with Crippen LogP contribution in [0.5, 0.6) is 0 Å². The van der Waals surface area contributed by atoms with Crippen molar-refractivity contribution in [1.82, 2.24) is 0 Å². The summed E-state index contributed by atoms with van der Waals surface area (Å²) in [6.07, 6.45) is 2.31. The fourth-order valence-electron chi connectivity index (χ4n) is 4.69. The highest BCUT2D eigenvalue weighted by Gasteiger charge is 2.74. The molecule has 26 heavy (non-hydrogen) atoms. The van der Waals surface area contributed by atoms with Gasteiger partial charge in [-0.3, -0.25) is 4.79 Å². The number of hydrogen-bond acceptors (Lipinski definition) is 3. The van der Waals surface area contributed by atoms with E-state index in [4.69, 9.17) is 0 Å². The predicted octanol–water partition coefficient (Wildman–Crippen LogP) is 4.58. The van der Waals surface area contributed by atoms with Gasteiger partial charge in [-0.1, -0.05) is 29.8 Å². The molecule has 3 fully saturated rings. The Balaban J connectivity index is 1.47. The number of rotatable bonds is 5. The fraction of sp³-hybridized carbons (Fsp3) is 0.409. The quantitative estimate of drug-likeness (QED) is 0.726. The zero-order valence-corrected chi connectivity index (χ0v) is 16.3. The minimum Gasteiger partial charge on any atom is -0.294 e. The van der Waals surface area contributed by atoms with E-state index >= 15 is 0 Å². The molecule has 2 aromatic rings. The summed E-state index contributed by atoms with van der Waals surface area (Å²) >= 11 is 0. The van der Waals surface area contributed by atoms with Crippen molar-refractivity contribution in [2.45, 2.75) is 56.1 Å². The molecule has 0 amide bonds. The van der Waals surface area contributed by atoms with Crippen molar-refractivity contribution in [3.05, 3.63) is 64.7 Å².